The molecule has 3 heteroatoms. The molecule has 2 unspecified atom stereocenters. The molecular formula is C15H24N2S. The van der Waals surface area contributed by atoms with Crippen molar-refractivity contribution in [1.82, 2.24) is 4.90 Å². The van der Waals surface area contributed by atoms with E-state index in [2.05, 4.69) is 53.9 Å². The molecule has 0 aliphatic carbocycles. The first-order valence-corrected chi connectivity index (χ1v) is 8.04. The van der Waals surface area contributed by atoms with Crippen molar-refractivity contribution in [2.24, 2.45) is 5.73 Å². The molecule has 1 aliphatic rings. The lowest BCUT2D eigenvalue weighted by Crippen LogP contribution is -2.50. The van der Waals surface area contributed by atoms with Crippen LogP contribution in [0.25, 0.3) is 0 Å². The largest absolute Gasteiger partial charge is 0.329 e. The molecule has 0 radical (unpaired) electrons. The van der Waals surface area contributed by atoms with Gasteiger partial charge in [-0.1, -0.05) is 30.3 Å². The molecule has 2 rings (SSSR count). The van der Waals surface area contributed by atoms with E-state index in [1.165, 1.54) is 30.0 Å². The summed E-state index contributed by atoms with van der Waals surface area (Å²) in [5.41, 5.74) is 7.41. The van der Waals surface area contributed by atoms with Gasteiger partial charge in [0.1, 0.15) is 0 Å². The Morgan fingerprint density at radius 3 is 2.83 bits per heavy atom. The maximum absolute atomic E-state index is 5.98. The lowest BCUT2D eigenvalue weighted by atomic mass is 10.0. The van der Waals surface area contributed by atoms with Crippen LogP contribution in [-0.4, -0.2) is 41.6 Å². The van der Waals surface area contributed by atoms with E-state index in [0.717, 1.165) is 13.0 Å². The van der Waals surface area contributed by atoms with Crippen molar-refractivity contribution in [3.8, 4) is 0 Å². The summed E-state index contributed by atoms with van der Waals surface area (Å²) in [5, 5.41) is 0. The molecular weight excluding hydrogens is 240 g/mol. The molecule has 1 fully saturated rings. The molecule has 1 aromatic carbocycles. The Balaban J connectivity index is 1.88. The highest BCUT2D eigenvalue weighted by Gasteiger charge is 2.24. The molecule has 1 saturated heterocycles. The summed E-state index contributed by atoms with van der Waals surface area (Å²) in [5.74, 6) is 2.51. The number of hydrogen-bond donors (Lipinski definition) is 1. The average molecular weight is 264 g/mol. The van der Waals surface area contributed by atoms with E-state index >= 15 is 0 Å². The molecule has 0 bridgehead atoms. The van der Waals surface area contributed by atoms with Gasteiger partial charge in [0, 0.05) is 36.7 Å². The van der Waals surface area contributed by atoms with E-state index < -0.39 is 0 Å². The molecule has 0 amide bonds. The first kappa shape index (κ1) is 13.9. The molecule has 0 spiro atoms. The van der Waals surface area contributed by atoms with Gasteiger partial charge >= 0.3 is 0 Å². The highest BCUT2D eigenvalue weighted by atomic mass is 32.2. The number of hydrogen-bond acceptors (Lipinski definition) is 3. The van der Waals surface area contributed by atoms with Crippen molar-refractivity contribution in [1.29, 1.82) is 0 Å². The summed E-state index contributed by atoms with van der Waals surface area (Å²) in [7, 11) is 0. The predicted octanol–water partition coefficient (Wildman–Crippen LogP) is 2.38. The van der Waals surface area contributed by atoms with E-state index in [-0.39, 0.29) is 0 Å². The predicted molar refractivity (Wildman–Crippen MR) is 81.1 cm³/mol. The number of benzene rings is 1. The van der Waals surface area contributed by atoms with Crippen molar-refractivity contribution in [3.63, 3.8) is 0 Å². The molecule has 0 aromatic heterocycles. The maximum Gasteiger partial charge on any atom is 0.0225 e. The smallest absolute Gasteiger partial charge is 0.0225 e. The van der Waals surface area contributed by atoms with Crippen LogP contribution in [0.15, 0.2) is 30.3 Å². The quantitative estimate of drug-likeness (QED) is 0.885. The highest BCUT2D eigenvalue weighted by molar-refractivity contribution is 7.99. The van der Waals surface area contributed by atoms with Crippen LogP contribution in [0.2, 0.25) is 0 Å². The van der Waals surface area contributed by atoms with Crippen LogP contribution in [0.5, 0.6) is 0 Å². The topological polar surface area (TPSA) is 29.3 Å². The number of rotatable bonds is 5. The van der Waals surface area contributed by atoms with Gasteiger partial charge < -0.3 is 5.73 Å². The van der Waals surface area contributed by atoms with Gasteiger partial charge in [-0.15, -0.1) is 0 Å². The first-order valence-electron chi connectivity index (χ1n) is 6.88. The summed E-state index contributed by atoms with van der Waals surface area (Å²) in [6, 6.07) is 12.0. The SMILES string of the molecule is CC1CSCCN1C(CN)CCc1ccccc1. The zero-order valence-corrected chi connectivity index (χ0v) is 12.0. The van der Waals surface area contributed by atoms with Crippen LogP contribution in [0.1, 0.15) is 18.9 Å². The molecule has 1 aliphatic heterocycles. The standard InChI is InChI=1S/C15H24N2S/c1-13-12-18-10-9-17(13)15(11-16)8-7-14-5-3-2-4-6-14/h2-6,13,15H,7-12,16H2,1H3. The summed E-state index contributed by atoms with van der Waals surface area (Å²) < 4.78 is 0. The van der Waals surface area contributed by atoms with Crippen molar-refractivity contribution in [2.45, 2.75) is 31.8 Å². The molecule has 1 aromatic rings. The minimum atomic E-state index is 0.543. The molecule has 0 saturated carbocycles. The Morgan fingerprint density at radius 2 is 2.17 bits per heavy atom. The average Bonchev–Trinajstić information content (AvgIpc) is 2.42. The Labute approximate surface area is 115 Å². The van der Waals surface area contributed by atoms with E-state index in [1.54, 1.807) is 0 Å². The first-order chi connectivity index (χ1) is 8.81. The highest BCUT2D eigenvalue weighted by Crippen LogP contribution is 2.20. The van der Waals surface area contributed by atoms with Crippen molar-refractivity contribution in [3.05, 3.63) is 35.9 Å². The van der Waals surface area contributed by atoms with Gasteiger partial charge in [0.2, 0.25) is 0 Å². The van der Waals surface area contributed by atoms with Crippen LogP contribution in [-0.2, 0) is 6.42 Å². The zero-order valence-electron chi connectivity index (χ0n) is 11.2. The van der Waals surface area contributed by atoms with E-state index in [1.807, 2.05) is 0 Å². The fraction of sp³-hybridized carbons (Fsp3) is 0.600. The number of aryl methyl sites for hydroxylation is 1. The molecule has 100 valence electrons. The zero-order chi connectivity index (χ0) is 12.8. The van der Waals surface area contributed by atoms with Crippen molar-refractivity contribution < 1.29 is 0 Å². The lowest BCUT2D eigenvalue weighted by Gasteiger charge is -2.39. The summed E-state index contributed by atoms with van der Waals surface area (Å²) in [4.78, 5) is 2.61. The van der Waals surface area contributed by atoms with Gasteiger partial charge in [0.05, 0.1) is 0 Å². The lowest BCUT2D eigenvalue weighted by molar-refractivity contribution is 0.157. The minimum Gasteiger partial charge on any atom is -0.329 e. The van der Waals surface area contributed by atoms with Crippen molar-refractivity contribution in [2.75, 3.05) is 24.6 Å². The van der Waals surface area contributed by atoms with E-state index in [4.69, 9.17) is 5.73 Å². The Morgan fingerprint density at radius 1 is 1.39 bits per heavy atom. The van der Waals surface area contributed by atoms with Gasteiger partial charge in [-0.2, -0.15) is 11.8 Å². The van der Waals surface area contributed by atoms with Gasteiger partial charge in [0.15, 0.2) is 0 Å². The molecule has 18 heavy (non-hydrogen) atoms. The summed E-state index contributed by atoms with van der Waals surface area (Å²) in [6.45, 7) is 4.31. The summed E-state index contributed by atoms with van der Waals surface area (Å²) in [6.07, 6.45) is 2.31. The van der Waals surface area contributed by atoms with Gasteiger partial charge in [0.25, 0.3) is 0 Å². The fourth-order valence-corrected chi connectivity index (χ4v) is 3.72. The van der Waals surface area contributed by atoms with Gasteiger partial charge in [-0.25, -0.2) is 0 Å². The number of nitrogens with zero attached hydrogens (tertiary/aromatic N) is 1. The van der Waals surface area contributed by atoms with Crippen LogP contribution in [0.3, 0.4) is 0 Å². The third-order valence-electron chi connectivity index (χ3n) is 3.77. The van der Waals surface area contributed by atoms with Gasteiger partial charge in [-0.05, 0) is 25.3 Å². The van der Waals surface area contributed by atoms with E-state index in [0.29, 0.717) is 12.1 Å². The van der Waals surface area contributed by atoms with Crippen LogP contribution in [0.4, 0.5) is 0 Å². The maximum atomic E-state index is 5.98. The Hall–Kier alpha value is -0.510. The molecule has 2 nitrogen and oxygen atoms in total. The Kier molecular flexibility index (Phi) is 5.54. The Bertz CT molecular complexity index is 342. The normalized spacial score (nSPS) is 22.9. The minimum absolute atomic E-state index is 0.543. The molecule has 2 N–H and O–H groups in total. The second-order valence-corrected chi connectivity index (χ2v) is 6.23. The third kappa shape index (κ3) is 3.74. The fourth-order valence-electron chi connectivity index (χ4n) is 2.68. The van der Waals surface area contributed by atoms with E-state index in [9.17, 15) is 0 Å². The second kappa shape index (κ2) is 7.17. The van der Waals surface area contributed by atoms with Crippen LogP contribution < -0.4 is 5.73 Å². The third-order valence-corrected chi connectivity index (χ3v) is 4.96. The number of thioether (sulfide) groups is 1. The monoisotopic (exact) mass is 264 g/mol. The summed E-state index contributed by atoms with van der Waals surface area (Å²) >= 11 is 2.07. The molecule has 2 atom stereocenters. The van der Waals surface area contributed by atoms with Crippen LogP contribution in [0, 0.1) is 0 Å². The number of nitrogens with two attached hydrogens (primary N) is 1. The van der Waals surface area contributed by atoms with Crippen molar-refractivity contribution >= 4 is 11.8 Å². The van der Waals surface area contributed by atoms with Crippen LogP contribution >= 0.6 is 11.8 Å². The molecule has 1 heterocycles. The second-order valence-electron chi connectivity index (χ2n) is 5.08. The van der Waals surface area contributed by atoms with Gasteiger partial charge in [-0.3, -0.25) is 4.90 Å².